The number of nitrogens with two attached hydrogens (primary N) is 1. The van der Waals surface area contributed by atoms with Gasteiger partial charge in [0.25, 0.3) is 0 Å². The fraction of sp³-hybridized carbons (Fsp3) is 0.273. The maximum atomic E-state index is 5.79. The van der Waals surface area contributed by atoms with Crippen molar-refractivity contribution in [1.82, 2.24) is 0 Å². The zero-order chi connectivity index (χ0) is 9.26. The van der Waals surface area contributed by atoms with E-state index < -0.39 is 0 Å². The summed E-state index contributed by atoms with van der Waals surface area (Å²) in [6.07, 6.45) is 2.73. The van der Waals surface area contributed by atoms with Gasteiger partial charge >= 0.3 is 0 Å². The maximum absolute atomic E-state index is 5.79. The van der Waals surface area contributed by atoms with Crippen molar-refractivity contribution < 1.29 is 4.74 Å². The molecule has 1 aliphatic rings. The van der Waals surface area contributed by atoms with Gasteiger partial charge in [-0.1, -0.05) is 18.7 Å². The Hall–Kier alpha value is -1.28. The predicted octanol–water partition coefficient (Wildman–Crippen LogP) is 1.59. The van der Waals surface area contributed by atoms with Crippen molar-refractivity contribution in [3.05, 3.63) is 35.9 Å². The van der Waals surface area contributed by atoms with Crippen LogP contribution >= 0.6 is 0 Å². The molecule has 1 heterocycles. The van der Waals surface area contributed by atoms with Crippen LogP contribution in [0.2, 0.25) is 0 Å². The smallest absolute Gasteiger partial charge is 0.122 e. The average Bonchev–Trinajstić information content (AvgIpc) is 2.16. The minimum atomic E-state index is 0.132. The van der Waals surface area contributed by atoms with Crippen LogP contribution in [0.4, 0.5) is 0 Å². The minimum Gasteiger partial charge on any atom is -0.492 e. The summed E-state index contributed by atoms with van der Waals surface area (Å²) in [5.74, 6) is 0.965. The molecule has 68 valence electrons. The molecule has 2 heteroatoms. The van der Waals surface area contributed by atoms with Gasteiger partial charge in [0.05, 0.1) is 0 Å². The third kappa shape index (κ3) is 1.58. The van der Waals surface area contributed by atoms with Gasteiger partial charge in [-0.3, -0.25) is 0 Å². The van der Waals surface area contributed by atoms with Gasteiger partial charge in [-0.15, -0.1) is 0 Å². The quantitative estimate of drug-likeness (QED) is 0.703. The molecule has 0 saturated heterocycles. The molecule has 2 N–H and O–H groups in total. The van der Waals surface area contributed by atoms with Crippen LogP contribution in [0.1, 0.15) is 11.1 Å². The number of rotatable bonds is 1. The first-order chi connectivity index (χ1) is 6.29. The first kappa shape index (κ1) is 8.32. The van der Waals surface area contributed by atoms with Crippen molar-refractivity contribution in [3.8, 4) is 5.75 Å². The fourth-order valence-corrected chi connectivity index (χ4v) is 1.56. The SMILES string of the molecule is C=Cc1ccc2c(c1)CC(N)CO2. The molecule has 0 bridgehead atoms. The highest BCUT2D eigenvalue weighted by Gasteiger charge is 2.15. The average molecular weight is 175 g/mol. The van der Waals surface area contributed by atoms with Gasteiger partial charge in [0.1, 0.15) is 12.4 Å². The number of fused-ring (bicyclic) bond motifs is 1. The van der Waals surface area contributed by atoms with Crippen molar-refractivity contribution in [3.63, 3.8) is 0 Å². The van der Waals surface area contributed by atoms with E-state index in [4.69, 9.17) is 10.5 Å². The Morgan fingerprint density at radius 2 is 2.38 bits per heavy atom. The van der Waals surface area contributed by atoms with E-state index >= 15 is 0 Å². The zero-order valence-electron chi connectivity index (χ0n) is 7.49. The van der Waals surface area contributed by atoms with E-state index in [-0.39, 0.29) is 6.04 Å². The minimum absolute atomic E-state index is 0.132. The van der Waals surface area contributed by atoms with Gasteiger partial charge in [-0.25, -0.2) is 0 Å². The molecule has 0 fully saturated rings. The molecule has 0 amide bonds. The van der Waals surface area contributed by atoms with Gasteiger partial charge in [-0.05, 0) is 29.7 Å². The highest BCUT2D eigenvalue weighted by atomic mass is 16.5. The molecule has 13 heavy (non-hydrogen) atoms. The van der Waals surface area contributed by atoms with E-state index in [9.17, 15) is 0 Å². The van der Waals surface area contributed by atoms with Crippen LogP contribution in [-0.4, -0.2) is 12.6 Å². The second kappa shape index (κ2) is 3.23. The largest absolute Gasteiger partial charge is 0.492 e. The van der Waals surface area contributed by atoms with Crippen LogP contribution in [0.3, 0.4) is 0 Å². The Bertz CT molecular complexity index is 333. The van der Waals surface area contributed by atoms with Crippen LogP contribution < -0.4 is 10.5 Å². The van der Waals surface area contributed by atoms with Gasteiger partial charge in [-0.2, -0.15) is 0 Å². The van der Waals surface area contributed by atoms with Gasteiger partial charge in [0, 0.05) is 6.04 Å². The van der Waals surface area contributed by atoms with Crippen LogP contribution in [0.25, 0.3) is 6.08 Å². The standard InChI is InChI=1S/C11H13NO/c1-2-8-3-4-11-9(5-8)6-10(12)7-13-11/h2-5,10H,1,6-7,12H2. The van der Waals surface area contributed by atoms with Crippen molar-refractivity contribution in [2.75, 3.05) is 6.61 Å². The molecule has 2 nitrogen and oxygen atoms in total. The second-order valence-corrected chi connectivity index (χ2v) is 3.35. The lowest BCUT2D eigenvalue weighted by atomic mass is 10.0. The molecule has 2 rings (SSSR count). The number of ether oxygens (including phenoxy) is 1. The Morgan fingerprint density at radius 1 is 1.54 bits per heavy atom. The summed E-state index contributed by atoms with van der Waals surface area (Å²) in [4.78, 5) is 0. The lowest BCUT2D eigenvalue weighted by Crippen LogP contribution is -2.33. The summed E-state index contributed by atoms with van der Waals surface area (Å²) in [5.41, 5.74) is 8.10. The lowest BCUT2D eigenvalue weighted by Gasteiger charge is -2.22. The van der Waals surface area contributed by atoms with Gasteiger partial charge < -0.3 is 10.5 Å². The summed E-state index contributed by atoms with van der Waals surface area (Å²) in [6, 6.07) is 6.20. The summed E-state index contributed by atoms with van der Waals surface area (Å²) in [7, 11) is 0. The molecule has 1 aromatic rings. The van der Waals surface area contributed by atoms with E-state index in [1.807, 2.05) is 18.2 Å². The fourth-order valence-electron chi connectivity index (χ4n) is 1.56. The number of hydrogen-bond acceptors (Lipinski definition) is 2. The van der Waals surface area contributed by atoms with Crippen molar-refractivity contribution in [1.29, 1.82) is 0 Å². The molecule has 1 aromatic carbocycles. The van der Waals surface area contributed by atoms with Crippen molar-refractivity contribution in [2.24, 2.45) is 5.73 Å². The molecular formula is C11H13NO. The monoisotopic (exact) mass is 175 g/mol. The van der Waals surface area contributed by atoms with Gasteiger partial charge in [0.15, 0.2) is 0 Å². The Balaban J connectivity index is 2.38. The van der Waals surface area contributed by atoms with Gasteiger partial charge in [0.2, 0.25) is 0 Å². The molecule has 1 unspecified atom stereocenters. The predicted molar refractivity (Wildman–Crippen MR) is 53.7 cm³/mol. The molecule has 0 aromatic heterocycles. The Kier molecular flexibility index (Phi) is 2.07. The summed E-state index contributed by atoms with van der Waals surface area (Å²) < 4.78 is 5.48. The maximum Gasteiger partial charge on any atom is 0.122 e. The van der Waals surface area contributed by atoms with E-state index in [0.717, 1.165) is 17.7 Å². The number of hydrogen-bond donors (Lipinski definition) is 1. The molecule has 0 saturated carbocycles. The summed E-state index contributed by atoms with van der Waals surface area (Å²) in [5, 5.41) is 0. The highest BCUT2D eigenvalue weighted by molar-refractivity contribution is 5.52. The third-order valence-electron chi connectivity index (χ3n) is 2.26. The summed E-state index contributed by atoms with van der Waals surface area (Å²) >= 11 is 0. The van der Waals surface area contributed by atoms with Crippen LogP contribution in [0, 0.1) is 0 Å². The van der Waals surface area contributed by atoms with Crippen molar-refractivity contribution in [2.45, 2.75) is 12.5 Å². The first-order valence-electron chi connectivity index (χ1n) is 4.43. The second-order valence-electron chi connectivity index (χ2n) is 3.35. The topological polar surface area (TPSA) is 35.2 Å². The Morgan fingerprint density at radius 3 is 3.15 bits per heavy atom. The molecule has 0 radical (unpaired) electrons. The van der Waals surface area contributed by atoms with Crippen LogP contribution in [-0.2, 0) is 6.42 Å². The van der Waals surface area contributed by atoms with E-state index in [1.54, 1.807) is 0 Å². The third-order valence-corrected chi connectivity index (χ3v) is 2.26. The molecular weight excluding hydrogens is 162 g/mol. The van der Waals surface area contributed by atoms with E-state index in [2.05, 4.69) is 12.6 Å². The zero-order valence-corrected chi connectivity index (χ0v) is 7.49. The van der Waals surface area contributed by atoms with Crippen LogP contribution in [0.5, 0.6) is 5.75 Å². The highest BCUT2D eigenvalue weighted by Crippen LogP contribution is 2.25. The first-order valence-corrected chi connectivity index (χ1v) is 4.43. The Labute approximate surface area is 78.0 Å². The molecule has 1 atom stereocenters. The lowest BCUT2D eigenvalue weighted by molar-refractivity contribution is 0.263. The molecule has 0 spiro atoms. The van der Waals surface area contributed by atoms with E-state index in [1.165, 1.54) is 5.56 Å². The van der Waals surface area contributed by atoms with Crippen molar-refractivity contribution >= 4 is 6.08 Å². The molecule has 0 aliphatic carbocycles. The summed E-state index contributed by atoms with van der Waals surface area (Å²) in [6.45, 7) is 4.35. The normalized spacial score (nSPS) is 20.2. The van der Waals surface area contributed by atoms with E-state index in [0.29, 0.717) is 6.61 Å². The number of benzene rings is 1. The molecule has 1 aliphatic heterocycles. The van der Waals surface area contributed by atoms with Crippen LogP contribution in [0.15, 0.2) is 24.8 Å².